The van der Waals surface area contributed by atoms with Gasteiger partial charge in [0.1, 0.15) is 17.1 Å². The number of amides is 1. The molecular formula is C10H11IN2O3S. The topological polar surface area (TPSA) is 83.6 Å². The van der Waals surface area contributed by atoms with Crippen LogP contribution in [0.2, 0.25) is 0 Å². The normalized spacial score (nSPS) is 28.4. The standard InChI is InChI=1S/C10H11IN2O3S/c11-3-1-2-5-4-17-9-6(12)8(14)13(9)7(5)10(15)16/h1-2,6,9H,3-4,12H2,(H,15,16)/t6-,9-/m1/s1. The van der Waals surface area contributed by atoms with E-state index in [0.717, 1.165) is 4.43 Å². The third-order valence-corrected chi connectivity index (χ3v) is 4.48. The number of β-lactam (4-membered cyclic amide) rings is 1. The first-order valence-electron chi connectivity index (χ1n) is 4.97. The lowest BCUT2D eigenvalue weighted by Gasteiger charge is -2.47. The van der Waals surface area contributed by atoms with Gasteiger partial charge < -0.3 is 10.8 Å². The van der Waals surface area contributed by atoms with Crippen molar-refractivity contribution in [1.82, 2.24) is 4.90 Å². The molecule has 0 bridgehead atoms. The van der Waals surface area contributed by atoms with Gasteiger partial charge in [-0.15, -0.1) is 11.8 Å². The molecule has 2 heterocycles. The van der Waals surface area contributed by atoms with E-state index < -0.39 is 12.0 Å². The zero-order valence-corrected chi connectivity index (χ0v) is 11.8. The number of hydrogen-bond acceptors (Lipinski definition) is 4. The van der Waals surface area contributed by atoms with Crippen molar-refractivity contribution >= 4 is 46.2 Å². The first-order valence-corrected chi connectivity index (χ1v) is 7.54. The fourth-order valence-electron chi connectivity index (χ4n) is 1.85. The molecule has 0 aromatic heterocycles. The third-order valence-electron chi connectivity index (χ3n) is 2.65. The zero-order valence-electron chi connectivity index (χ0n) is 8.80. The van der Waals surface area contributed by atoms with Gasteiger partial charge in [0.15, 0.2) is 0 Å². The van der Waals surface area contributed by atoms with Crippen LogP contribution in [0.1, 0.15) is 0 Å². The highest BCUT2D eigenvalue weighted by Crippen LogP contribution is 2.39. The average Bonchev–Trinajstić information content (AvgIpc) is 2.33. The smallest absolute Gasteiger partial charge is 0.352 e. The Balaban J connectivity index is 2.36. The van der Waals surface area contributed by atoms with Crippen molar-refractivity contribution in [3.8, 4) is 0 Å². The number of rotatable bonds is 3. The van der Waals surface area contributed by atoms with E-state index >= 15 is 0 Å². The predicted octanol–water partition coefficient (Wildman–Crippen LogP) is 0.559. The van der Waals surface area contributed by atoms with E-state index in [-0.39, 0.29) is 17.0 Å². The van der Waals surface area contributed by atoms with Gasteiger partial charge in [-0.3, -0.25) is 9.69 Å². The van der Waals surface area contributed by atoms with Gasteiger partial charge in [0.05, 0.1) is 0 Å². The van der Waals surface area contributed by atoms with Crippen LogP contribution in [0.5, 0.6) is 0 Å². The number of carbonyl (C=O) groups is 2. The summed E-state index contributed by atoms with van der Waals surface area (Å²) in [7, 11) is 0. The Morgan fingerprint density at radius 1 is 1.71 bits per heavy atom. The Kier molecular flexibility index (Phi) is 3.79. The van der Waals surface area contributed by atoms with E-state index in [1.807, 2.05) is 6.08 Å². The third kappa shape index (κ3) is 2.11. The number of thioether (sulfide) groups is 1. The van der Waals surface area contributed by atoms with Gasteiger partial charge in [0.25, 0.3) is 0 Å². The summed E-state index contributed by atoms with van der Waals surface area (Å²) in [5.74, 6) is -0.791. The van der Waals surface area contributed by atoms with Gasteiger partial charge in [-0.25, -0.2) is 4.79 Å². The second kappa shape index (κ2) is 4.99. The highest BCUT2D eigenvalue weighted by atomic mass is 127. The van der Waals surface area contributed by atoms with E-state index in [4.69, 9.17) is 5.73 Å². The fraction of sp³-hybridized carbons (Fsp3) is 0.400. The maximum absolute atomic E-state index is 11.6. The number of nitrogens with zero attached hydrogens (tertiary/aromatic N) is 1. The molecule has 92 valence electrons. The summed E-state index contributed by atoms with van der Waals surface area (Å²) >= 11 is 3.68. The molecule has 0 aromatic carbocycles. The molecule has 2 rings (SSSR count). The number of carbonyl (C=O) groups excluding carboxylic acids is 1. The molecule has 2 aliphatic heterocycles. The lowest BCUT2D eigenvalue weighted by atomic mass is 10.0. The average molecular weight is 366 g/mol. The largest absolute Gasteiger partial charge is 0.477 e. The van der Waals surface area contributed by atoms with Crippen molar-refractivity contribution in [3.63, 3.8) is 0 Å². The van der Waals surface area contributed by atoms with Gasteiger partial charge in [0, 0.05) is 10.2 Å². The highest BCUT2D eigenvalue weighted by molar-refractivity contribution is 14.1. The molecule has 1 saturated heterocycles. The Bertz CT molecular complexity index is 435. The van der Waals surface area contributed by atoms with Crippen LogP contribution in [-0.4, -0.2) is 43.5 Å². The molecule has 0 aliphatic carbocycles. The second-order valence-electron chi connectivity index (χ2n) is 3.67. The van der Waals surface area contributed by atoms with Crippen LogP contribution in [0.3, 0.4) is 0 Å². The van der Waals surface area contributed by atoms with Crippen molar-refractivity contribution in [1.29, 1.82) is 0 Å². The predicted molar refractivity (Wildman–Crippen MR) is 73.8 cm³/mol. The number of halogens is 1. The van der Waals surface area contributed by atoms with Gasteiger partial charge in [-0.05, 0) is 5.57 Å². The quantitative estimate of drug-likeness (QED) is 0.433. The molecule has 0 radical (unpaired) electrons. The Labute approximate surface area is 116 Å². The van der Waals surface area contributed by atoms with Gasteiger partial charge in [-0.1, -0.05) is 34.7 Å². The molecule has 2 aliphatic rings. The maximum Gasteiger partial charge on any atom is 0.352 e. The minimum absolute atomic E-state index is 0.0848. The van der Waals surface area contributed by atoms with Crippen molar-refractivity contribution in [2.75, 3.05) is 10.2 Å². The van der Waals surface area contributed by atoms with Crippen molar-refractivity contribution < 1.29 is 14.7 Å². The number of carboxylic acids is 1. The molecular weight excluding hydrogens is 355 g/mol. The molecule has 0 aromatic rings. The molecule has 1 fully saturated rings. The van der Waals surface area contributed by atoms with Gasteiger partial charge in [0.2, 0.25) is 5.91 Å². The Morgan fingerprint density at radius 3 is 3.00 bits per heavy atom. The Hall–Kier alpha value is -0.540. The summed E-state index contributed by atoms with van der Waals surface area (Å²) in [6.07, 6.45) is 3.65. The number of carboxylic acid groups (broad SMARTS) is 1. The monoisotopic (exact) mass is 366 g/mol. The lowest BCUT2D eigenvalue weighted by Crippen LogP contribution is -2.68. The van der Waals surface area contributed by atoms with Crippen LogP contribution in [0.4, 0.5) is 0 Å². The maximum atomic E-state index is 11.6. The van der Waals surface area contributed by atoms with Crippen molar-refractivity contribution in [2.45, 2.75) is 11.4 Å². The number of nitrogens with two attached hydrogens (primary N) is 1. The van der Waals surface area contributed by atoms with Crippen LogP contribution in [0.25, 0.3) is 0 Å². The summed E-state index contributed by atoms with van der Waals surface area (Å²) < 4.78 is 0.801. The first-order chi connectivity index (χ1) is 8.07. The van der Waals surface area contributed by atoms with Gasteiger partial charge in [-0.2, -0.15) is 0 Å². The molecule has 3 N–H and O–H groups in total. The number of hydrogen-bond donors (Lipinski definition) is 2. The van der Waals surface area contributed by atoms with E-state index in [9.17, 15) is 14.7 Å². The van der Waals surface area contributed by atoms with E-state index in [1.165, 1.54) is 16.7 Å². The highest BCUT2D eigenvalue weighted by Gasteiger charge is 2.51. The summed E-state index contributed by atoms with van der Waals surface area (Å²) in [6, 6.07) is -0.565. The molecule has 2 atom stereocenters. The van der Waals surface area contributed by atoms with Crippen LogP contribution in [-0.2, 0) is 9.59 Å². The Morgan fingerprint density at radius 2 is 2.41 bits per heavy atom. The molecule has 5 nitrogen and oxygen atoms in total. The van der Waals surface area contributed by atoms with E-state index in [0.29, 0.717) is 11.3 Å². The minimum Gasteiger partial charge on any atom is -0.477 e. The van der Waals surface area contributed by atoms with E-state index in [2.05, 4.69) is 22.6 Å². The fourth-order valence-corrected chi connectivity index (χ4v) is 3.37. The first kappa shape index (κ1) is 12.9. The van der Waals surface area contributed by atoms with Crippen LogP contribution >= 0.6 is 34.4 Å². The van der Waals surface area contributed by atoms with E-state index in [1.54, 1.807) is 6.08 Å². The molecule has 1 amide bonds. The molecule has 0 saturated carbocycles. The number of aliphatic carboxylic acids is 1. The van der Waals surface area contributed by atoms with Crippen LogP contribution in [0, 0.1) is 0 Å². The van der Waals surface area contributed by atoms with Crippen LogP contribution in [0.15, 0.2) is 23.4 Å². The molecule has 0 spiro atoms. The summed E-state index contributed by atoms with van der Waals surface area (Å²) in [4.78, 5) is 24.1. The number of fused-ring (bicyclic) bond motifs is 1. The van der Waals surface area contributed by atoms with Gasteiger partial charge >= 0.3 is 5.97 Å². The number of allylic oxidation sites excluding steroid dienone is 2. The summed E-state index contributed by atoms with van der Waals surface area (Å²) in [6.45, 7) is 0. The zero-order chi connectivity index (χ0) is 12.6. The second-order valence-corrected chi connectivity index (χ2v) is 5.66. The van der Waals surface area contributed by atoms with Crippen molar-refractivity contribution in [3.05, 3.63) is 23.4 Å². The molecule has 17 heavy (non-hydrogen) atoms. The lowest BCUT2D eigenvalue weighted by molar-refractivity contribution is -0.147. The summed E-state index contributed by atoms with van der Waals surface area (Å²) in [5, 5.41) is 8.98. The molecule has 0 unspecified atom stereocenters. The minimum atomic E-state index is -1.07. The summed E-state index contributed by atoms with van der Waals surface area (Å²) in [5.41, 5.74) is 6.40. The molecule has 7 heteroatoms. The van der Waals surface area contributed by atoms with Crippen molar-refractivity contribution in [2.24, 2.45) is 5.73 Å². The van der Waals surface area contributed by atoms with Crippen LogP contribution < -0.4 is 5.73 Å². The number of alkyl halides is 1. The SMILES string of the molecule is N[C@@H]1C(=O)N2C(C(=O)O)=C(C=CCI)CS[C@H]12.